The zero-order valence-corrected chi connectivity index (χ0v) is 10.3. The molecule has 17 heavy (non-hydrogen) atoms. The second-order valence-corrected chi connectivity index (χ2v) is 5.49. The number of halogens is 2. The number of benzene rings is 1. The first-order valence-corrected chi connectivity index (χ1v) is 6.83. The van der Waals surface area contributed by atoms with E-state index < -0.39 is 21.0 Å². The van der Waals surface area contributed by atoms with Gasteiger partial charge in [0.25, 0.3) is 9.05 Å². The van der Waals surface area contributed by atoms with Crippen LogP contribution >= 0.6 is 10.7 Å². The molecule has 1 amide bonds. The van der Waals surface area contributed by atoms with Crippen molar-refractivity contribution in [2.75, 3.05) is 11.9 Å². The zero-order valence-electron chi connectivity index (χ0n) is 8.74. The number of ether oxygens (including phenoxy) is 1. The quantitative estimate of drug-likeness (QED) is 0.863. The lowest BCUT2D eigenvalue weighted by atomic mass is 10.3. The standard InChI is InChI=1S/C9H9ClFNO4S/c1-2-16-9(13)12-8-4-3-6(5-7(8)11)17(10,14)15/h3-5H,2H2,1H3,(H,12,13). The Hall–Kier alpha value is -1.34. The van der Waals surface area contributed by atoms with Crippen LogP contribution in [-0.2, 0) is 13.8 Å². The van der Waals surface area contributed by atoms with Gasteiger partial charge in [0.1, 0.15) is 5.82 Å². The molecular formula is C9H9ClFNO4S. The van der Waals surface area contributed by atoms with Crippen molar-refractivity contribution in [3.8, 4) is 0 Å². The summed E-state index contributed by atoms with van der Waals surface area (Å²) in [6.07, 6.45) is -0.826. The monoisotopic (exact) mass is 281 g/mol. The van der Waals surface area contributed by atoms with E-state index >= 15 is 0 Å². The number of hydrogen-bond donors (Lipinski definition) is 1. The van der Waals surface area contributed by atoms with Gasteiger partial charge in [-0.15, -0.1) is 0 Å². The molecule has 0 saturated heterocycles. The summed E-state index contributed by atoms with van der Waals surface area (Å²) >= 11 is 0. The van der Waals surface area contributed by atoms with E-state index in [2.05, 4.69) is 10.1 Å². The number of nitrogens with one attached hydrogen (secondary N) is 1. The Bertz CT molecular complexity index is 532. The van der Waals surface area contributed by atoms with Gasteiger partial charge in [0.05, 0.1) is 17.2 Å². The molecule has 1 aromatic carbocycles. The van der Waals surface area contributed by atoms with Crippen molar-refractivity contribution in [2.45, 2.75) is 11.8 Å². The van der Waals surface area contributed by atoms with Gasteiger partial charge in [0, 0.05) is 10.7 Å². The van der Waals surface area contributed by atoms with E-state index in [4.69, 9.17) is 10.7 Å². The van der Waals surface area contributed by atoms with E-state index in [1.165, 1.54) is 0 Å². The van der Waals surface area contributed by atoms with E-state index in [1.54, 1.807) is 6.92 Å². The SMILES string of the molecule is CCOC(=O)Nc1ccc(S(=O)(=O)Cl)cc1F. The Morgan fingerprint density at radius 2 is 2.18 bits per heavy atom. The van der Waals surface area contributed by atoms with Crippen LogP contribution in [0.1, 0.15) is 6.92 Å². The third kappa shape index (κ3) is 3.86. The second-order valence-electron chi connectivity index (χ2n) is 2.92. The Morgan fingerprint density at radius 1 is 1.53 bits per heavy atom. The maximum absolute atomic E-state index is 13.4. The summed E-state index contributed by atoms with van der Waals surface area (Å²) in [5.41, 5.74) is -0.187. The molecule has 1 rings (SSSR count). The van der Waals surface area contributed by atoms with Crippen molar-refractivity contribution < 1.29 is 22.3 Å². The van der Waals surface area contributed by atoms with E-state index in [0.29, 0.717) is 6.07 Å². The van der Waals surface area contributed by atoms with Crippen LogP contribution in [0.25, 0.3) is 0 Å². The molecule has 0 fully saturated rings. The summed E-state index contributed by atoms with van der Waals surface area (Å²) in [6, 6.07) is 2.87. The van der Waals surface area contributed by atoms with Crippen LogP contribution < -0.4 is 5.32 Å². The first-order valence-electron chi connectivity index (χ1n) is 4.52. The van der Waals surface area contributed by atoms with E-state index in [1.807, 2.05) is 0 Å². The highest BCUT2D eigenvalue weighted by atomic mass is 35.7. The van der Waals surface area contributed by atoms with Crippen LogP contribution in [0, 0.1) is 5.82 Å². The molecule has 8 heteroatoms. The molecule has 0 aromatic heterocycles. The minimum atomic E-state index is -3.99. The second kappa shape index (κ2) is 5.33. The molecule has 1 N–H and O–H groups in total. The van der Waals surface area contributed by atoms with Crippen LogP contribution in [0.15, 0.2) is 23.1 Å². The van der Waals surface area contributed by atoms with E-state index in [-0.39, 0.29) is 17.2 Å². The number of carbonyl (C=O) groups excluding carboxylic acids is 1. The van der Waals surface area contributed by atoms with E-state index in [0.717, 1.165) is 12.1 Å². The molecule has 0 aliphatic rings. The lowest BCUT2D eigenvalue weighted by Crippen LogP contribution is -2.14. The zero-order chi connectivity index (χ0) is 13.1. The van der Waals surface area contributed by atoms with Crippen LogP contribution in [-0.4, -0.2) is 21.1 Å². The third-order valence-electron chi connectivity index (χ3n) is 1.73. The summed E-state index contributed by atoms with van der Waals surface area (Å²) in [4.78, 5) is 10.6. The predicted octanol–water partition coefficient (Wildman–Crippen LogP) is 2.32. The molecule has 0 unspecified atom stereocenters. The van der Waals surface area contributed by atoms with Gasteiger partial charge in [-0.3, -0.25) is 5.32 Å². The number of anilines is 1. The average molecular weight is 282 g/mol. The fourth-order valence-corrected chi connectivity index (χ4v) is 1.79. The molecule has 0 bridgehead atoms. The summed E-state index contributed by atoms with van der Waals surface area (Å²) in [5.74, 6) is -0.917. The Morgan fingerprint density at radius 3 is 2.65 bits per heavy atom. The highest BCUT2D eigenvalue weighted by Gasteiger charge is 2.14. The molecule has 0 atom stereocenters. The molecule has 0 aliphatic heterocycles. The maximum atomic E-state index is 13.4. The fourth-order valence-electron chi connectivity index (χ4n) is 1.03. The first-order chi connectivity index (χ1) is 7.84. The molecule has 0 heterocycles. The van der Waals surface area contributed by atoms with Crippen molar-refractivity contribution >= 4 is 31.5 Å². The summed E-state index contributed by atoms with van der Waals surface area (Å²) in [7, 11) is 1.04. The lowest BCUT2D eigenvalue weighted by molar-refractivity contribution is 0.168. The minimum absolute atomic E-state index is 0.140. The Labute approximate surface area is 102 Å². The lowest BCUT2D eigenvalue weighted by Gasteiger charge is -2.06. The molecular weight excluding hydrogens is 273 g/mol. The van der Waals surface area contributed by atoms with Crippen LogP contribution in [0.2, 0.25) is 0 Å². The van der Waals surface area contributed by atoms with Gasteiger partial charge in [-0.1, -0.05) is 0 Å². The fraction of sp³-hybridized carbons (Fsp3) is 0.222. The van der Waals surface area contributed by atoms with Gasteiger partial charge < -0.3 is 4.74 Å². The van der Waals surface area contributed by atoms with Crippen LogP contribution in [0.4, 0.5) is 14.9 Å². The first kappa shape index (κ1) is 13.7. The van der Waals surface area contributed by atoms with Crippen LogP contribution in [0.3, 0.4) is 0 Å². The molecule has 0 aliphatic carbocycles. The van der Waals surface area contributed by atoms with Gasteiger partial charge in [-0.05, 0) is 25.1 Å². The summed E-state index contributed by atoms with van der Waals surface area (Å²) in [6.45, 7) is 1.74. The van der Waals surface area contributed by atoms with Crippen LogP contribution in [0.5, 0.6) is 0 Å². The predicted molar refractivity (Wildman–Crippen MR) is 60.1 cm³/mol. The number of carbonyl (C=O) groups is 1. The highest BCUT2D eigenvalue weighted by Crippen LogP contribution is 2.21. The molecule has 94 valence electrons. The normalized spacial score (nSPS) is 11.0. The maximum Gasteiger partial charge on any atom is 0.411 e. The largest absolute Gasteiger partial charge is 0.450 e. The van der Waals surface area contributed by atoms with Gasteiger partial charge in [-0.2, -0.15) is 0 Å². The molecule has 0 saturated carbocycles. The number of hydrogen-bond acceptors (Lipinski definition) is 4. The Balaban J connectivity index is 2.95. The van der Waals surface area contributed by atoms with Crippen molar-refractivity contribution in [3.63, 3.8) is 0 Å². The summed E-state index contributed by atoms with van der Waals surface area (Å²) in [5, 5.41) is 2.12. The topological polar surface area (TPSA) is 72.5 Å². The van der Waals surface area contributed by atoms with Gasteiger partial charge >= 0.3 is 6.09 Å². The van der Waals surface area contributed by atoms with Crippen molar-refractivity contribution in [1.82, 2.24) is 0 Å². The van der Waals surface area contributed by atoms with Gasteiger partial charge in [-0.25, -0.2) is 17.6 Å². The molecule has 5 nitrogen and oxygen atoms in total. The molecule has 0 spiro atoms. The highest BCUT2D eigenvalue weighted by molar-refractivity contribution is 8.13. The third-order valence-corrected chi connectivity index (χ3v) is 3.09. The Kier molecular flexibility index (Phi) is 4.30. The van der Waals surface area contributed by atoms with Crippen molar-refractivity contribution in [3.05, 3.63) is 24.0 Å². The smallest absolute Gasteiger partial charge is 0.411 e. The summed E-state index contributed by atoms with van der Waals surface area (Å²) < 4.78 is 39.7. The van der Waals surface area contributed by atoms with Crippen molar-refractivity contribution in [1.29, 1.82) is 0 Å². The van der Waals surface area contributed by atoms with E-state index in [9.17, 15) is 17.6 Å². The number of amides is 1. The average Bonchev–Trinajstić information content (AvgIpc) is 2.20. The van der Waals surface area contributed by atoms with Gasteiger partial charge in [0.15, 0.2) is 0 Å². The van der Waals surface area contributed by atoms with Gasteiger partial charge in [0.2, 0.25) is 0 Å². The molecule has 0 radical (unpaired) electrons. The minimum Gasteiger partial charge on any atom is -0.450 e. The number of rotatable bonds is 3. The van der Waals surface area contributed by atoms with Crippen molar-refractivity contribution in [2.24, 2.45) is 0 Å². The molecule has 1 aromatic rings.